The molecule has 0 radical (unpaired) electrons. The standard InChI is InChI=1S/C23H24O7/c1-6-28-23(25)14(3)29-17-10-8-16-21(24)20(30-22(16)13(17)2)12-15-7-9-18(26-4)19(11-15)27-5/h7-12,14H,6H2,1-5H3/b20-12-. The van der Waals surface area contributed by atoms with Crippen molar-refractivity contribution in [3.8, 4) is 23.0 Å². The summed E-state index contributed by atoms with van der Waals surface area (Å²) in [7, 11) is 3.10. The van der Waals surface area contributed by atoms with Crippen molar-refractivity contribution in [3.63, 3.8) is 0 Å². The minimum Gasteiger partial charge on any atom is -0.493 e. The quantitative estimate of drug-likeness (QED) is 0.503. The number of carbonyl (C=O) groups excluding carboxylic acids is 2. The number of esters is 1. The second-order valence-corrected chi connectivity index (χ2v) is 6.63. The topological polar surface area (TPSA) is 80.3 Å². The lowest BCUT2D eigenvalue weighted by atomic mass is 10.1. The van der Waals surface area contributed by atoms with E-state index in [1.807, 2.05) is 0 Å². The summed E-state index contributed by atoms with van der Waals surface area (Å²) in [5.41, 5.74) is 1.80. The van der Waals surface area contributed by atoms with Crippen molar-refractivity contribution >= 4 is 17.8 Å². The van der Waals surface area contributed by atoms with Gasteiger partial charge in [0.15, 0.2) is 23.4 Å². The Morgan fingerprint density at radius 1 is 1.10 bits per heavy atom. The molecule has 7 heteroatoms. The van der Waals surface area contributed by atoms with Gasteiger partial charge in [-0.25, -0.2) is 4.79 Å². The molecular formula is C23H24O7. The van der Waals surface area contributed by atoms with Crippen molar-refractivity contribution in [1.82, 2.24) is 0 Å². The third-order valence-electron chi connectivity index (χ3n) is 4.66. The Morgan fingerprint density at radius 2 is 1.80 bits per heavy atom. The third-order valence-corrected chi connectivity index (χ3v) is 4.66. The van der Waals surface area contributed by atoms with Crippen LogP contribution in [0.25, 0.3) is 6.08 Å². The van der Waals surface area contributed by atoms with Gasteiger partial charge in [0.05, 0.1) is 26.4 Å². The molecule has 30 heavy (non-hydrogen) atoms. The molecule has 1 unspecified atom stereocenters. The SMILES string of the molecule is CCOC(=O)C(C)Oc1ccc2c(c1C)O/C(=C\c1ccc(OC)c(OC)c1)C2=O. The second-order valence-electron chi connectivity index (χ2n) is 6.63. The van der Waals surface area contributed by atoms with Crippen LogP contribution in [-0.2, 0) is 9.53 Å². The minimum absolute atomic E-state index is 0.191. The van der Waals surface area contributed by atoms with Gasteiger partial charge in [0, 0.05) is 5.56 Å². The molecule has 1 aliphatic heterocycles. The molecular weight excluding hydrogens is 388 g/mol. The molecule has 158 valence electrons. The number of methoxy groups -OCH3 is 2. The Hall–Kier alpha value is -3.48. The molecule has 0 aromatic heterocycles. The fourth-order valence-corrected chi connectivity index (χ4v) is 3.09. The van der Waals surface area contributed by atoms with Gasteiger partial charge in [0.2, 0.25) is 5.78 Å². The largest absolute Gasteiger partial charge is 0.493 e. The van der Waals surface area contributed by atoms with E-state index in [0.29, 0.717) is 34.1 Å². The molecule has 2 aromatic carbocycles. The van der Waals surface area contributed by atoms with Gasteiger partial charge in [-0.1, -0.05) is 6.07 Å². The van der Waals surface area contributed by atoms with Gasteiger partial charge < -0.3 is 23.7 Å². The van der Waals surface area contributed by atoms with Gasteiger partial charge in [-0.2, -0.15) is 0 Å². The number of benzene rings is 2. The van der Waals surface area contributed by atoms with E-state index in [4.69, 9.17) is 23.7 Å². The van der Waals surface area contributed by atoms with Crippen LogP contribution < -0.4 is 18.9 Å². The fraction of sp³-hybridized carbons (Fsp3) is 0.304. The fourth-order valence-electron chi connectivity index (χ4n) is 3.09. The average Bonchev–Trinajstić information content (AvgIpc) is 3.06. The van der Waals surface area contributed by atoms with Crippen LogP contribution in [0.2, 0.25) is 0 Å². The highest BCUT2D eigenvalue weighted by atomic mass is 16.6. The maximum atomic E-state index is 12.8. The molecule has 0 spiro atoms. The number of hydrogen-bond acceptors (Lipinski definition) is 7. The van der Waals surface area contributed by atoms with Crippen molar-refractivity contribution in [2.45, 2.75) is 26.9 Å². The van der Waals surface area contributed by atoms with E-state index >= 15 is 0 Å². The molecule has 0 aliphatic carbocycles. The number of fused-ring (bicyclic) bond motifs is 1. The molecule has 0 amide bonds. The van der Waals surface area contributed by atoms with E-state index in [0.717, 1.165) is 5.56 Å². The molecule has 0 saturated carbocycles. The maximum Gasteiger partial charge on any atom is 0.347 e. The summed E-state index contributed by atoms with van der Waals surface area (Å²) in [5.74, 6) is 1.52. The van der Waals surface area contributed by atoms with E-state index < -0.39 is 12.1 Å². The maximum absolute atomic E-state index is 12.8. The van der Waals surface area contributed by atoms with Gasteiger partial charge in [-0.05, 0) is 56.7 Å². The summed E-state index contributed by atoms with van der Waals surface area (Å²) in [4.78, 5) is 24.6. The Bertz CT molecular complexity index is 1010. The molecule has 0 bridgehead atoms. The van der Waals surface area contributed by atoms with E-state index in [9.17, 15) is 9.59 Å². The summed E-state index contributed by atoms with van der Waals surface area (Å²) in [6.45, 7) is 5.40. The van der Waals surface area contributed by atoms with Crippen molar-refractivity contribution in [2.24, 2.45) is 0 Å². The van der Waals surface area contributed by atoms with Gasteiger partial charge in [0.25, 0.3) is 0 Å². The van der Waals surface area contributed by atoms with Gasteiger partial charge in [0.1, 0.15) is 11.5 Å². The van der Waals surface area contributed by atoms with Gasteiger partial charge in [-0.3, -0.25) is 4.79 Å². The zero-order valence-electron chi connectivity index (χ0n) is 17.6. The van der Waals surface area contributed by atoms with Crippen molar-refractivity contribution in [1.29, 1.82) is 0 Å². The molecule has 0 N–H and O–H groups in total. The van der Waals surface area contributed by atoms with E-state index in [1.54, 1.807) is 71.4 Å². The summed E-state index contributed by atoms with van der Waals surface area (Å²) < 4.78 is 27.1. The van der Waals surface area contributed by atoms with Crippen LogP contribution >= 0.6 is 0 Å². The second kappa shape index (κ2) is 8.90. The van der Waals surface area contributed by atoms with E-state index in [-0.39, 0.29) is 18.1 Å². The monoisotopic (exact) mass is 412 g/mol. The van der Waals surface area contributed by atoms with Crippen LogP contribution in [-0.4, -0.2) is 38.7 Å². The molecule has 0 saturated heterocycles. The number of carbonyl (C=O) groups is 2. The van der Waals surface area contributed by atoms with Crippen molar-refractivity contribution in [3.05, 3.63) is 52.8 Å². The minimum atomic E-state index is -0.777. The molecule has 1 atom stereocenters. The number of Topliss-reactive ketones (excluding diaryl/α,β-unsaturated/α-hetero) is 1. The van der Waals surface area contributed by atoms with Crippen LogP contribution in [0.15, 0.2) is 36.1 Å². The highest BCUT2D eigenvalue weighted by Crippen LogP contribution is 2.40. The number of hydrogen-bond donors (Lipinski definition) is 0. The summed E-state index contributed by atoms with van der Waals surface area (Å²) in [6, 6.07) is 8.61. The smallest absolute Gasteiger partial charge is 0.347 e. The predicted molar refractivity (Wildman–Crippen MR) is 110 cm³/mol. The number of allylic oxidation sites excluding steroid dienone is 1. The Kier molecular flexibility index (Phi) is 6.30. The first-order valence-electron chi connectivity index (χ1n) is 9.52. The van der Waals surface area contributed by atoms with Gasteiger partial charge in [-0.15, -0.1) is 0 Å². The molecule has 3 rings (SSSR count). The van der Waals surface area contributed by atoms with Gasteiger partial charge >= 0.3 is 5.97 Å². The molecule has 0 fully saturated rings. The molecule has 2 aromatic rings. The molecule has 1 heterocycles. The average molecular weight is 412 g/mol. The number of rotatable bonds is 7. The van der Waals surface area contributed by atoms with Crippen molar-refractivity contribution in [2.75, 3.05) is 20.8 Å². The third kappa shape index (κ3) is 4.10. The highest BCUT2D eigenvalue weighted by molar-refractivity contribution is 6.15. The lowest BCUT2D eigenvalue weighted by Gasteiger charge is -2.16. The van der Waals surface area contributed by atoms with Crippen LogP contribution in [0.4, 0.5) is 0 Å². The van der Waals surface area contributed by atoms with Crippen molar-refractivity contribution < 1.29 is 33.3 Å². The van der Waals surface area contributed by atoms with Crippen LogP contribution in [0.5, 0.6) is 23.0 Å². The highest BCUT2D eigenvalue weighted by Gasteiger charge is 2.31. The normalized spacial score (nSPS) is 14.7. The first-order valence-corrected chi connectivity index (χ1v) is 9.52. The van der Waals surface area contributed by atoms with Crippen LogP contribution in [0.1, 0.15) is 35.3 Å². The Labute approximate surface area is 175 Å². The number of ketones is 1. The first-order chi connectivity index (χ1) is 14.4. The van der Waals surface area contributed by atoms with E-state index in [1.165, 1.54) is 0 Å². The first kappa shape index (κ1) is 21.2. The lowest BCUT2D eigenvalue weighted by molar-refractivity contribution is -0.150. The molecule has 1 aliphatic rings. The molecule has 7 nitrogen and oxygen atoms in total. The summed E-state index contributed by atoms with van der Waals surface area (Å²) in [6.07, 6.45) is 0.867. The predicted octanol–water partition coefficient (Wildman–Crippen LogP) is 3.96. The summed E-state index contributed by atoms with van der Waals surface area (Å²) in [5, 5.41) is 0. The number of ether oxygens (including phenoxy) is 5. The van der Waals surface area contributed by atoms with E-state index in [2.05, 4.69) is 0 Å². The zero-order chi connectivity index (χ0) is 21.8. The Balaban J connectivity index is 1.87. The summed E-state index contributed by atoms with van der Waals surface area (Å²) >= 11 is 0. The van der Waals surface area contributed by atoms with Crippen LogP contribution in [0.3, 0.4) is 0 Å². The zero-order valence-corrected chi connectivity index (χ0v) is 17.6. The van der Waals surface area contributed by atoms with Crippen LogP contribution in [0, 0.1) is 6.92 Å². The Morgan fingerprint density at radius 3 is 2.47 bits per heavy atom. The lowest BCUT2D eigenvalue weighted by Crippen LogP contribution is -2.26.